The summed E-state index contributed by atoms with van der Waals surface area (Å²) in [5.74, 6) is 1.68. The molecule has 2 aliphatic carbocycles. The lowest BCUT2D eigenvalue weighted by atomic mass is 9.52. The fraction of sp³-hybridized carbons (Fsp3) is 0.515. The van der Waals surface area contributed by atoms with Crippen LogP contribution < -0.4 is 4.74 Å². The normalized spacial score (nSPS) is 28.2. The van der Waals surface area contributed by atoms with Crippen molar-refractivity contribution in [3.05, 3.63) is 72.8 Å². The molecule has 2 N–H and O–H groups in total. The van der Waals surface area contributed by atoms with E-state index in [0.29, 0.717) is 5.92 Å². The Bertz CT molecular complexity index is 1110. The molecule has 0 heterocycles. The van der Waals surface area contributed by atoms with Crippen molar-refractivity contribution < 1.29 is 14.9 Å². The van der Waals surface area contributed by atoms with Crippen LogP contribution >= 0.6 is 0 Å². The average molecular weight is 489 g/mol. The summed E-state index contributed by atoms with van der Waals surface area (Å²) in [5, 5.41) is 21.8. The third kappa shape index (κ3) is 5.27. The van der Waals surface area contributed by atoms with E-state index in [-0.39, 0.29) is 22.7 Å². The van der Waals surface area contributed by atoms with Gasteiger partial charge in [0, 0.05) is 17.0 Å². The van der Waals surface area contributed by atoms with Crippen LogP contribution in [0.15, 0.2) is 61.7 Å². The van der Waals surface area contributed by atoms with Crippen molar-refractivity contribution in [3.63, 3.8) is 0 Å². The SMILES string of the molecule is C=CCc1ccc(O)c(-c2cc(CC=C)ccc2O[C@@]2(C)CCC[C@@]3(C)CC[C@@H](C(C)(C)O)C[C@@H]32)c1. The molecular formula is C33H44O3. The fourth-order valence-corrected chi connectivity index (χ4v) is 6.95. The van der Waals surface area contributed by atoms with Crippen LogP contribution in [-0.4, -0.2) is 21.4 Å². The van der Waals surface area contributed by atoms with E-state index in [0.717, 1.165) is 72.9 Å². The van der Waals surface area contributed by atoms with Gasteiger partial charge in [-0.1, -0.05) is 31.2 Å². The van der Waals surface area contributed by atoms with Crippen molar-refractivity contribution in [1.29, 1.82) is 0 Å². The minimum Gasteiger partial charge on any atom is -0.507 e. The number of hydrogen-bond donors (Lipinski definition) is 2. The number of hydrogen-bond acceptors (Lipinski definition) is 3. The van der Waals surface area contributed by atoms with Crippen molar-refractivity contribution in [2.45, 2.75) is 90.3 Å². The minimum atomic E-state index is -0.686. The molecule has 0 saturated heterocycles. The van der Waals surface area contributed by atoms with Crippen LogP contribution in [0.2, 0.25) is 0 Å². The summed E-state index contributed by atoms with van der Waals surface area (Å²) >= 11 is 0. The van der Waals surface area contributed by atoms with Crippen molar-refractivity contribution >= 4 is 0 Å². The average Bonchev–Trinajstić information content (AvgIpc) is 2.81. The highest BCUT2D eigenvalue weighted by Gasteiger charge is 2.54. The van der Waals surface area contributed by atoms with E-state index in [1.165, 1.54) is 6.42 Å². The summed E-state index contributed by atoms with van der Waals surface area (Å²) in [6.07, 6.45) is 11.8. The Labute approximate surface area is 217 Å². The van der Waals surface area contributed by atoms with E-state index in [2.05, 4.69) is 51.3 Å². The maximum absolute atomic E-state index is 10.9. The fourth-order valence-electron chi connectivity index (χ4n) is 6.95. The lowest BCUT2D eigenvalue weighted by Gasteiger charge is -2.57. The molecule has 36 heavy (non-hydrogen) atoms. The molecule has 2 aromatic rings. The predicted octanol–water partition coefficient (Wildman–Crippen LogP) is 8.03. The molecule has 0 amide bonds. The number of aromatic hydroxyl groups is 1. The molecule has 0 spiro atoms. The summed E-state index contributed by atoms with van der Waals surface area (Å²) in [4.78, 5) is 0. The Morgan fingerprint density at radius 3 is 2.25 bits per heavy atom. The van der Waals surface area contributed by atoms with Gasteiger partial charge in [-0.05, 0) is 119 Å². The highest BCUT2D eigenvalue weighted by molar-refractivity contribution is 5.77. The second-order valence-electron chi connectivity index (χ2n) is 12.3. The van der Waals surface area contributed by atoms with Gasteiger partial charge in [0.25, 0.3) is 0 Å². The van der Waals surface area contributed by atoms with E-state index < -0.39 is 5.60 Å². The van der Waals surface area contributed by atoms with Gasteiger partial charge in [0.05, 0.1) is 5.60 Å². The summed E-state index contributed by atoms with van der Waals surface area (Å²) < 4.78 is 7.07. The zero-order valence-electron chi connectivity index (χ0n) is 22.6. The van der Waals surface area contributed by atoms with Gasteiger partial charge in [-0.3, -0.25) is 0 Å². The molecule has 194 valence electrons. The molecule has 3 nitrogen and oxygen atoms in total. The first-order valence-electron chi connectivity index (χ1n) is 13.6. The van der Waals surface area contributed by atoms with Gasteiger partial charge in [0.2, 0.25) is 0 Å². The van der Waals surface area contributed by atoms with Crippen LogP contribution in [-0.2, 0) is 12.8 Å². The highest BCUT2D eigenvalue weighted by atomic mass is 16.5. The van der Waals surface area contributed by atoms with Gasteiger partial charge in [-0.2, -0.15) is 0 Å². The summed E-state index contributed by atoms with van der Waals surface area (Å²) in [6, 6.07) is 12.1. The topological polar surface area (TPSA) is 49.7 Å². The van der Waals surface area contributed by atoms with Gasteiger partial charge < -0.3 is 14.9 Å². The zero-order valence-corrected chi connectivity index (χ0v) is 22.6. The van der Waals surface area contributed by atoms with Crippen LogP contribution in [0.1, 0.15) is 77.3 Å². The van der Waals surface area contributed by atoms with Crippen LogP contribution in [0, 0.1) is 17.3 Å². The van der Waals surface area contributed by atoms with Gasteiger partial charge in [0.15, 0.2) is 0 Å². The third-order valence-electron chi connectivity index (χ3n) is 9.08. The molecule has 4 rings (SSSR count). The van der Waals surface area contributed by atoms with Crippen LogP contribution in [0.3, 0.4) is 0 Å². The predicted molar refractivity (Wildman–Crippen MR) is 149 cm³/mol. The Hall–Kier alpha value is -2.52. The molecule has 0 unspecified atom stereocenters. The maximum atomic E-state index is 10.9. The second-order valence-corrected chi connectivity index (χ2v) is 12.3. The van der Waals surface area contributed by atoms with Crippen LogP contribution in [0.25, 0.3) is 11.1 Å². The number of rotatable bonds is 8. The maximum Gasteiger partial charge on any atom is 0.128 e. The first-order chi connectivity index (χ1) is 17.0. The first-order valence-corrected chi connectivity index (χ1v) is 13.6. The molecule has 0 bridgehead atoms. The summed E-state index contributed by atoms with van der Waals surface area (Å²) in [6.45, 7) is 16.4. The number of fused-ring (bicyclic) bond motifs is 1. The van der Waals surface area contributed by atoms with Gasteiger partial charge in [0.1, 0.15) is 17.1 Å². The Balaban J connectivity index is 1.77. The lowest BCUT2D eigenvalue weighted by Crippen LogP contribution is -2.56. The number of ether oxygens (including phenoxy) is 1. The van der Waals surface area contributed by atoms with Gasteiger partial charge in [-0.25, -0.2) is 0 Å². The van der Waals surface area contributed by atoms with Crippen molar-refractivity contribution in [3.8, 4) is 22.6 Å². The number of allylic oxidation sites excluding steroid dienone is 2. The Morgan fingerprint density at radius 1 is 0.972 bits per heavy atom. The smallest absolute Gasteiger partial charge is 0.128 e. The monoisotopic (exact) mass is 488 g/mol. The second kappa shape index (κ2) is 10.1. The molecule has 3 heteroatoms. The third-order valence-corrected chi connectivity index (χ3v) is 9.08. The van der Waals surface area contributed by atoms with Gasteiger partial charge in [-0.15, -0.1) is 13.2 Å². The summed E-state index contributed by atoms with van der Waals surface area (Å²) in [5.41, 5.74) is 3.13. The Kier molecular flexibility index (Phi) is 7.44. The number of aliphatic hydroxyl groups is 1. The molecule has 0 radical (unpaired) electrons. The lowest BCUT2D eigenvalue weighted by molar-refractivity contribution is -0.131. The van der Waals surface area contributed by atoms with E-state index in [9.17, 15) is 10.2 Å². The highest BCUT2D eigenvalue weighted by Crippen LogP contribution is 2.58. The molecule has 4 atom stereocenters. The van der Waals surface area contributed by atoms with Crippen molar-refractivity contribution in [2.24, 2.45) is 17.3 Å². The number of phenols is 1. The zero-order chi connectivity index (χ0) is 26.1. The molecule has 2 saturated carbocycles. The minimum absolute atomic E-state index is 0.212. The van der Waals surface area contributed by atoms with E-state index in [1.807, 2.05) is 32.1 Å². The molecule has 0 aromatic heterocycles. The van der Waals surface area contributed by atoms with E-state index in [4.69, 9.17) is 4.74 Å². The van der Waals surface area contributed by atoms with E-state index in [1.54, 1.807) is 6.07 Å². The quantitative estimate of drug-likeness (QED) is 0.370. The summed E-state index contributed by atoms with van der Waals surface area (Å²) in [7, 11) is 0. The van der Waals surface area contributed by atoms with Crippen LogP contribution in [0.5, 0.6) is 11.5 Å². The molecule has 0 aliphatic heterocycles. The number of benzene rings is 2. The molecule has 2 aromatic carbocycles. The standard InChI is InChI=1S/C33H44O3/c1-7-10-23-12-14-28(34)26(20-23)27-21-24(11-8-2)13-15-29(27)36-33(6)18-9-17-32(5)19-16-25(22-30(32)33)31(3,4)35/h7-8,12-15,20-21,25,30,34-35H,1-2,9-11,16-19,22H2,3-6H3/t25-,30+,32+,33+/m1/s1. The molecular weight excluding hydrogens is 444 g/mol. The van der Waals surface area contributed by atoms with Crippen molar-refractivity contribution in [1.82, 2.24) is 0 Å². The first kappa shape index (κ1) is 26.5. The van der Waals surface area contributed by atoms with Crippen LogP contribution in [0.4, 0.5) is 0 Å². The largest absolute Gasteiger partial charge is 0.507 e. The molecule has 2 aliphatic rings. The molecule has 2 fully saturated rings. The van der Waals surface area contributed by atoms with E-state index >= 15 is 0 Å². The Morgan fingerprint density at radius 2 is 1.61 bits per heavy atom. The van der Waals surface area contributed by atoms with Gasteiger partial charge >= 0.3 is 0 Å². The number of phenolic OH excluding ortho intramolecular Hbond substituents is 1. The van der Waals surface area contributed by atoms with Crippen molar-refractivity contribution in [2.75, 3.05) is 0 Å².